The Hall–Kier alpha value is -1.95. The smallest absolute Gasteiger partial charge is 0.161 e. The molecule has 1 atom stereocenters. The third-order valence-electron chi connectivity index (χ3n) is 1.98. The molecule has 82 valence electrons. The van der Waals surface area contributed by atoms with Crippen molar-refractivity contribution in [2.45, 2.75) is 12.5 Å². The van der Waals surface area contributed by atoms with Gasteiger partial charge in [0.05, 0.1) is 5.97 Å². The van der Waals surface area contributed by atoms with E-state index >= 15 is 0 Å². The second-order valence-electron chi connectivity index (χ2n) is 3.19. The molecule has 0 aliphatic carbocycles. The van der Waals surface area contributed by atoms with E-state index in [1.54, 1.807) is 0 Å². The van der Waals surface area contributed by atoms with Crippen LogP contribution in [0.2, 0.25) is 0 Å². The Labute approximate surface area is 85.2 Å². The van der Waals surface area contributed by atoms with Crippen LogP contribution in [0.3, 0.4) is 0 Å². The summed E-state index contributed by atoms with van der Waals surface area (Å²) in [5.41, 5.74) is 3.50. The van der Waals surface area contributed by atoms with Crippen LogP contribution in [0.15, 0.2) is 12.1 Å². The van der Waals surface area contributed by atoms with Gasteiger partial charge >= 0.3 is 0 Å². The molecule has 1 rings (SSSR count). The van der Waals surface area contributed by atoms with E-state index in [0.29, 0.717) is 0 Å². The quantitative estimate of drug-likeness (QED) is 0.331. The van der Waals surface area contributed by atoms with E-state index in [2.05, 4.69) is 5.73 Å². The third kappa shape index (κ3) is 2.50. The predicted octanol–water partition coefficient (Wildman–Crippen LogP) is -2.29. The maximum absolute atomic E-state index is 10.4. The second kappa shape index (κ2) is 4.05. The van der Waals surface area contributed by atoms with E-state index in [1.165, 1.54) is 0 Å². The third-order valence-corrected chi connectivity index (χ3v) is 1.98. The first kappa shape index (κ1) is 11.1. The van der Waals surface area contributed by atoms with Crippen LogP contribution in [-0.4, -0.2) is 27.3 Å². The standard InChI is InChI=1S/C9H11NO5/c10-5(9(14)15)1-4-2-7(12)8(13)3-6(4)11/h2-3,5,11-13H,1,10H2,(H,14,15)/t5-/m1/s1. The van der Waals surface area contributed by atoms with Crippen molar-refractivity contribution in [1.82, 2.24) is 0 Å². The van der Waals surface area contributed by atoms with Gasteiger partial charge in [-0.05, 0) is 6.07 Å². The van der Waals surface area contributed by atoms with E-state index in [1.807, 2.05) is 0 Å². The summed E-state index contributed by atoms with van der Waals surface area (Å²) in [7, 11) is 0. The number of carboxylic acids is 1. The highest BCUT2D eigenvalue weighted by Crippen LogP contribution is 2.32. The van der Waals surface area contributed by atoms with Crippen LogP contribution in [0.5, 0.6) is 17.2 Å². The minimum atomic E-state index is -1.35. The van der Waals surface area contributed by atoms with Crippen LogP contribution in [-0.2, 0) is 11.2 Å². The minimum Gasteiger partial charge on any atom is -0.544 e. The van der Waals surface area contributed by atoms with Crippen LogP contribution in [0.4, 0.5) is 0 Å². The number of carbonyl (C=O) groups is 1. The van der Waals surface area contributed by atoms with Gasteiger partial charge in [-0.1, -0.05) is 0 Å². The van der Waals surface area contributed by atoms with E-state index in [9.17, 15) is 15.0 Å². The van der Waals surface area contributed by atoms with Crippen LogP contribution < -0.4 is 10.8 Å². The molecule has 6 heteroatoms. The lowest BCUT2D eigenvalue weighted by atomic mass is 10.0. The largest absolute Gasteiger partial charge is 0.544 e. The number of hydrogen-bond acceptors (Lipinski definition) is 5. The maximum Gasteiger partial charge on any atom is 0.161 e. The molecule has 0 saturated heterocycles. The first-order chi connectivity index (χ1) is 6.91. The highest BCUT2D eigenvalue weighted by molar-refractivity contribution is 5.70. The normalized spacial score (nSPS) is 12.3. The lowest BCUT2D eigenvalue weighted by Gasteiger charge is -2.11. The molecule has 0 spiro atoms. The van der Waals surface area contributed by atoms with Gasteiger partial charge < -0.3 is 31.0 Å². The molecule has 0 aromatic heterocycles. The molecule has 0 amide bonds. The molecule has 1 aromatic rings. The zero-order valence-corrected chi connectivity index (χ0v) is 7.80. The lowest BCUT2D eigenvalue weighted by Crippen LogP contribution is -2.69. The molecular weight excluding hydrogens is 202 g/mol. The molecule has 0 saturated carbocycles. The van der Waals surface area contributed by atoms with Crippen LogP contribution in [0.1, 0.15) is 5.56 Å². The van der Waals surface area contributed by atoms with Crippen molar-refractivity contribution in [3.8, 4) is 17.2 Å². The average Bonchev–Trinajstić information content (AvgIpc) is 2.13. The Morgan fingerprint density at radius 3 is 2.33 bits per heavy atom. The number of quaternary nitrogens is 1. The van der Waals surface area contributed by atoms with Crippen LogP contribution in [0.25, 0.3) is 0 Å². The SMILES string of the molecule is [NH3+][C@H](Cc1cc(O)c(O)cc1O)C(=O)[O-]. The van der Waals surface area contributed by atoms with Gasteiger partial charge in [-0.25, -0.2) is 0 Å². The number of carboxylic acid groups (broad SMARTS) is 1. The fourth-order valence-corrected chi connectivity index (χ4v) is 1.12. The topological polar surface area (TPSA) is 128 Å². The molecule has 0 aliphatic heterocycles. The predicted molar refractivity (Wildman–Crippen MR) is 46.8 cm³/mol. The van der Waals surface area contributed by atoms with E-state index in [4.69, 9.17) is 10.2 Å². The van der Waals surface area contributed by atoms with Crippen LogP contribution in [0, 0.1) is 0 Å². The minimum absolute atomic E-state index is 0.0813. The summed E-state index contributed by atoms with van der Waals surface area (Å²) in [6.45, 7) is 0. The lowest BCUT2D eigenvalue weighted by molar-refractivity contribution is -0.437. The number of aromatic hydroxyl groups is 3. The first-order valence-corrected chi connectivity index (χ1v) is 4.19. The number of aliphatic carboxylic acids is 1. The monoisotopic (exact) mass is 213 g/mol. The van der Waals surface area contributed by atoms with Crippen molar-refractivity contribution < 1.29 is 31.0 Å². The highest BCUT2D eigenvalue weighted by Gasteiger charge is 2.14. The van der Waals surface area contributed by atoms with E-state index in [0.717, 1.165) is 12.1 Å². The summed E-state index contributed by atoms with van der Waals surface area (Å²) in [6.07, 6.45) is -0.0813. The van der Waals surface area contributed by atoms with E-state index in [-0.39, 0.29) is 17.7 Å². The van der Waals surface area contributed by atoms with Crippen molar-refractivity contribution in [2.24, 2.45) is 0 Å². The van der Waals surface area contributed by atoms with Crippen molar-refractivity contribution in [1.29, 1.82) is 0 Å². The van der Waals surface area contributed by atoms with Gasteiger partial charge in [0.15, 0.2) is 11.5 Å². The molecule has 0 aliphatic rings. The van der Waals surface area contributed by atoms with Gasteiger partial charge in [-0.15, -0.1) is 0 Å². The molecule has 6 N–H and O–H groups in total. The van der Waals surface area contributed by atoms with Gasteiger partial charge in [0.2, 0.25) is 0 Å². The Bertz CT molecular complexity index is 390. The van der Waals surface area contributed by atoms with Crippen LogP contribution >= 0.6 is 0 Å². The van der Waals surface area contributed by atoms with Gasteiger partial charge in [-0.2, -0.15) is 0 Å². The Balaban J connectivity index is 2.95. The molecule has 0 fully saturated rings. The van der Waals surface area contributed by atoms with Crippen molar-refractivity contribution >= 4 is 5.97 Å². The maximum atomic E-state index is 10.4. The summed E-state index contributed by atoms with van der Waals surface area (Å²) >= 11 is 0. The van der Waals surface area contributed by atoms with Gasteiger partial charge in [0.1, 0.15) is 11.8 Å². The second-order valence-corrected chi connectivity index (χ2v) is 3.19. The fourth-order valence-electron chi connectivity index (χ4n) is 1.12. The highest BCUT2D eigenvalue weighted by atomic mass is 16.4. The van der Waals surface area contributed by atoms with Crippen molar-refractivity contribution in [3.05, 3.63) is 17.7 Å². The molecule has 6 nitrogen and oxygen atoms in total. The van der Waals surface area contributed by atoms with Crippen molar-refractivity contribution in [3.63, 3.8) is 0 Å². The zero-order valence-electron chi connectivity index (χ0n) is 7.80. The summed E-state index contributed by atoms with van der Waals surface area (Å²) in [4.78, 5) is 10.4. The number of benzene rings is 1. The molecule has 1 aromatic carbocycles. The Morgan fingerprint density at radius 2 is 1.80 bits per heavy atom. The van der Waals surface area contributed by atoms with Gasteiger partial charge in [0, 0.05) is 18.1 Å². The van der Waals surface area contributed by atoms with Crippen molar-refractivity contribution in [2.75, 3.05) is 0 Å². The van der Waals surface area contributed by atoms with E-state index < -0.39 is 23.5 Å². The molecule has 0 radical (unpaired) electrons. The van der Waals surface area contributed by atoms with Gasteiger partial charge in [0.25, 0.3) is 0 Å². The first-order valence-electron chi connectivity index (χ1n) is 4.19. The molecule has 0 unspecified atom stereocenters. The molecule has 15 heavy (non-hydrogen) atoms. The molecular formula is C9H11NO5. The zero-order chi connectivity index (χ0) is 11.6. The Morgan fingerprint density at radius 1 is 1.27 bits per heavy atom. The number of rotatable bonds is 3. The number of hydrogen-bond donors (Lipinski definition) is 4. The summed E-state index contributed by atoms with van der Waals surface area (Å²) < 4.78 is 0. The summed E-state index contributed by atoms with van der Waals surface area (Å²) in [5, 5.41) is 37.9. The average molecular weight is 213 g/mol. The number of phenols is 3. The number of carbonyl (C=O) groups excluding carboxylic acids is 1. The number of phenolic OH excluding ortho intramolecular Hbond substituents is 3. The fraction of sp³-hybridized carbons (Fsp3) is 0.222. The summed E-state index contributed by atoms with van der Waals surface area (Å²) in [5.74, 6) is -2.53. The Kier molecular flexibility index (Phi) is 3.01. The molecule has 0 heterocycles. The summed E-state index contributed by atoms with van der Waals surface area (Å²) in [6, 6.07) is 0.998. The molecule has 0 bridgehead atoms. The van der Waals surface area contributed by atoms with Gasteiger partial charge in [-0.3, -0.25) is 0 Å².